The predicted molar refractivity (Wildman–Crippen MR) is 112 cm³/mol. The van der Waals surface area contributed by atoms with Crippen LogP contribution < -0.4 is 14.2 Å². The van der Waals surface area contributed by atoms with E-state index in [1.165, 1.54) is 27.4 Å². The minimum absolute atomic E-state index is 0.00720. The first kappa shape index (κ1) is 21.6. The molecular formula is C23H27NO6. The van der Waals surface area contributed by atoms with Gasteiger partial charge in [-0.25, -0.2) is 0 Å². The lowest BCUT2D eigenvalue weighted by atomic mass is 9.71. The maximum absolute atomic E-state index is 13.0. The van der Waals surface area contributed by atoms with Gasteiger partial charge in [0.05, 0.1) is 21.3 Å². The summed E-state index contributed by atoms with van der Waals surface area (Å²) in [6, 6.07) is 3.57. The minimum atomic E-state index is -0.728. The molecule has 0 radical (unpaired) electrons. The molecule has 2 aliphatic rings. The first-order chi connectivity index (χ1) is 14.5. The molecule has 0 fully saturated rings. The van der Waals surface area contributed by atoms with Crippen molar-refractivity contribution in [2.75, 3.05) is 27.9 Å². The SMILES string of the molecule is C=CCOC(=O)C1C(C)=NC2=C(C(=O)CCC2)[C@H]1c1cc(OC)c(OC)c(OC)c1. The Hall–Kier alpha value is -3.09. The van der Waals surface area contributed by atoms with Crippen molar-refractivity contribution >= 4 is 17.5 Å². The van der Waals surface area contributed by atoms with Crippen molar-refractivity contribution < 1.29 is 28.5 Å². The number of carbonyl (C=O) groups excluding carboxylic acids is 2. The highest BCUT2D eigenvalue weighted by Crippen LogP contribution is 2.47. The molecule has 1 aromatic carbocycles. The molecule has 0 amide bonds. The van der Waals surface area contributed by atoms with Gasteiger partial charge in [-0.1, -0.05) is 12.7 Å². The van der Waals surface area contributed by atoms with Gasteiger partial charge < -0.3 is 18.9 Å². The van der Waals surface area contributed by atoms with Crippen molar-refractivity contribution in [3.05, 3.63) is 41.6 Å². The molecule has 1 aliphatic carbocycles. The molecule has 0 saturated carbocycles. The Balaban J connectivity index is 2.21. The highest BCUT2D eigenvalue weighted by atomic mass is 16.5. The molecule has 0 spiro atoms. The van der Waals surface area contributed by atoms with Crippen molar-refractivity contribution in [2.24, 2.45) is 10.9 Å². The third-order valence-electron chi connectivity index (χ3n) is 5.48. The molecule has 1 aliphatic heterocycles. The van der Waals surface area contributed by atoms with Crippen LogP contribution in [0.15, 0.2) is 41.1 Å². The van der Waals surface area contributed by atoms with Gasteiger partial charge in [-0.15, -0.1) is 0 Å². The number of allylic oxidation sites excluding steroid dienone is 2. The maximum atomic E-state index is 13.0. The molecule has 1 unspecified atom stereocenters. The van der Waals surface area contributed by atoms with Crippen molar-refractivity contribution in [2.45, 2.75) is 32.1 Å². The van der Waals surface area contributed by atoms with Gasteiger partial charge in [-0.3, -0.25) is 14.6 Å². The number of nitrogens with zero attached hydrogens (tertiary/aromatic N) is 1. The van der Waals surface area contributed by atoms with Crippen LogP contribution in [0.3, 0.4) is 0 Å². The Bertz CT molecular complexity index is 905. The number of rotatable bonds is 7. The summed E-state index contributed by atoms with van der Waals surface area (Å²) in [7, 11) is 4.58. The Morgan fingerprint density at radius 3 is 2.40 bits per heavy atom. The van der Waals surface area contributed by atoms with Crippen LogP contribution in [0, 0.1) is 5.92 Å². The Morgan fingerprint density at radius 2 is 1.83 bits per heavy atom. The number of ketones is 1. The molecule has 2 atom stereocenters. The van der Waals surface area contributed by atoms with E-state index in [4.69, 9.17) is 18.9 Å². The van der Waals surface area contributed by atoms with E-state index in [-0.39, 0.29) is 12.4 Å². The third-order valence-corrected chi connectivity index (χ3v) is 5.48. The van der Waals surface area contributed by atoms with Crippen LogP contribution in [-0.4, -0.2) is 45.4 Å². The first-order valence-electron chi connectivity index (χ1n) is 9.85. The predicted octanol–water partition coefficient (Wildman–Crippen LogP) is 3.62. The Kier molecular flexibility index (Phi) is 6.59. The number of ether oxygens (including phenoxy) is 4. The smallest absolute Gasteiger partial charge is 0.315 e. The lowest BCUT2D eigenvalue weighted by Crippen LogP contribution is -2.37. The number of methoxy groups -OCH3 is 3. The van der Waals surface area contributed by atoms with Crippen LogP contribution in [-0.2, 0) is 14.3 Å². The number of carbonyl (C=O) groups is 2. The van der Waals surface area contributed by atoms with E-state index >= 15 is 0 Å². The summed E-state index contributed by atoms with van der Waals surface area (Å²) in [6.07, 6.45) is 3.40. The quantitative estimate of drug-likeness (QED) is 0.501. The van der Waals surface area contributed by atoms with Crippen molar-refractivity contribution in [3.63, 3.8) is 0 Å². The molecule has 1 heterocycles. The molecule has 0 bridgehead atoms. The first-order valence-corrected chi connectivity index (χ1v) is 9.85. The molecular weight excluding hydrogens is 386 g/mol. The van der Waals surface area contributed by atoms with Crippen molar-refractivity contribution in [3.8, 4) is 17.2 Å². The number of esters is 1. The van der Waals surface area contributed by atoms with E-state index in [1.54, 1.807) is 19.1 Å². The molecule has 160 valence electrons. The zero-order valence-corrected chi connectivity index (χ0v) is 17.8. The van der Waals surface area contributed by atoms with E-state index in [0.717, 1.165) is 12.1 Å². The zero-order valence-electron chi connectivity index (χ0n) is 17.8. The summed E-state index contributed by atoms with van der Waals surface area (Å²) in [6.45, 7) is 5.49. The summed E-state index contributed by atoms with van der Waals surface area (Å²) in [4.78, 5) is 30.6. The highest BCUT2D eigenvalue weighted by Gasteiger charge is 2.43. The normalized spacial score (nSPS) is 20.8. The third kappa shape index (κ3) is 3.84. The number of hydrogen-bond acceptors (Lipinski definition) is 7. The lowest BCUT2D eigenvalue weighted by molar-refractivity contribution is -0.145. The Labute approximate surface area is 176 Å². The van der Waals surface area contributed by atoms with E-state index in [9.17, 15) is 9.59 Å². The summed E-state index contributed by atoms with van der Waals surface area (Å²) in [5, 5.41) is 0. The molecule has 7 nitrogen and oxygen atoms in total. The molecule has 1 aromatic rings. The average Bonchev–Trinajstić information content (AvgIpc) is 2.75. The molecule has 7 heteroatoms. The molecule has 0 N–H and O–H groups in total. The lowest BCUT2D eigenvalue weighted by Gasteiger charge is -2.34. The zero-order chi connectivity index (χ0) is 21.8. The molecule has 3 rings (SSSR count). The van der Waals surface area contributed by atoms with Gasteiger partial charge in [0.2, 0.25) is 5.75 Å². The van der Waals surface area contributed by atoms with Gasteiger partial charge in [0, 0.05) is 29.3 Å². The second kappa shape index (κ2) is 9.15. The van der Waals surface area contributed by atoms with Crippen LogP contribution in [0.4, 0.5) is 0 Å². The standard InChI is InChI=1S/C23H27NO6/c1-6-10-30-23(26)19-13(2)24-15-8-7-9-16(25)21(15)20(19)14-11-17(27-3)22(29-5)18(12-14)28-4/h6,11-12,19-20H,1,7-10H2,2-5H3/t19?,20-/m0/s1. The fraction of sp³-hybridized carbons (Fsp3) is 0.435. The number of hydrogen-bond donors (Lipinski definition) is 0. The largest absolute Gasteiger partial charge is 0.493 e. The average molecular weight is 413 g/mol. The fourth-order valence-corrected chi connectivity index (χ4v) is 4.18. The minimum Gasteiger partial charge on any atom is -0.493 e. The summed E-state index contributed by atoms with van der Waals surface area (Å²) in [5.41, 5.74) is 2.65. The second-order valence-corrected chi connectivity index (χ2v) is 7.22. The molecule has 0 aromatic heterocycles. The second-order valence-electron chi connectivity index (χ2n) is 7.22. The number of aliphatic imine (C=N–C) groups is 1. The highest BCUT2D eigenvalue weighted by molar-refractivity contribution is 6.08. The molecule has 30 heavy (non-hydrogen) atoms. The van der Waals surface area contributed by atoms with Gasteiger partial charge in [0.15, 0.2) is 17.3 Å². The summed E-state index contributed by atoms with van der Waals surface area (Å²) in [5.74, 6) is -0.358. The van der Waals surface area contributed by atoms with Gasteiger partial charge in [-0.05, 0) is 37.5 Å². The maximum Gasteiger partial charge on any atom is 0.315 e. The van der Waals surface area contributed by atoms with Crippen LogP contribution in [0.5, 0.6) is 17.2 Å². The van der Waals surface area contributed by atoms with Crippen molar-refractivity contribution in [1.82, 2.24) is 0 Å². The summed E-state index contributed by atoms with van der Waals surface area (Å²) >= 11 is 0. The fourth-order valence-electron chi connectivity index (χ4n) is 4.18. The van der Waals surface area contributed by atoms with Crippen LogP contribution >= 0.6 is 0 Å². The van der Waals surface area contributed by atoms with Crippen LogP contribution in [0.25, 0.3) is 0 Å². The van der Waals surface area contributed by atoms with Gasteiger partial charge in [0.1, 0.15) is 12.5 Å². The number of benzene rings is 1. The van der Waals surface area contributed by atoms with E-state index < -0.39 is 17.8 Å². The van der Waals surface area contributed by atoms with E-state index in [2.05, 4.69) is 11.6 Å². The molecule has 0 saturated heterocycles. The van der Waals surface area contributed by atoms with Gasteiger partial charge >= 0.3 is 5.97 Å². The van der Waals surface area contributed by atoms with Crippen molar-refractivity contribution in [1.29, 1.82) is 0 Å². The number of Topliss-reactive ketones (excluding diaryl/α,β-unsaturated/α-hetero) is 1. The van der Waals surface area contributed by atoms with Gasteiger partial charge in [-0.2, -0.15) is 0 Å². The summed E-state index contributed by atoms with van der Waals surface area (Å²) < 4.78 is 21.8. The Morgan fingerprint density at radius 1 is 1.17 bits per heavy atom. The van der Waals surface area contributed by atoms with E-state index in [1.807, 2.05) is 0 Å². The topological polar surface area (TPSA) is 83.4 Å². The van der Waals surface area contributed by atoms with E-state index in [0.29, 0.717) is 46.9 Å². The van der Waals surface area contributed by atoms with Crippen LogP contribution in [0.1, 0.15) is 37.7 Å². The van der Waals surface area contributed by atoms with Gasteiger partial charge in [0.25, 0.3) is 0 Å². The van der Waals surface area contributed by atoms with Crippen LogP contribution in [0.2, 0.25) is 0 Å². The monoisotopic (exact) mass is 413 g/mol.